The Bertz CT molecular complexity index is 615. The van der Waals surface area contributed by atoms with E-state index in [4.69, 9.17) is 5.73 Å². The zero-order valence-corrected chi connectivity index (χ0v) is 14.1. The van der Waals surface area contributed by atoms with E-state index in [9.17, 15) is 4.79 Å². The minimum Gasteiger partial charge on any atom is -0.375 e. The molecule has 4 nitrogen and oxygen atoms in total. The molecule has 22 heavy (non-hydrogen) atoms. The number of hydrogen-bond acceptors (Lipinski definition) is 5. The van der Waals surface area contributed by atoms with Gasteiger partial charge in [-0.25, -0.2) is 4.98 Å². The number of aryl methyl sites for hydroxylation is 1. The molecule has 1 aliphatic carbocycles. The van der Waals surface area contributed by atoms with E-state index >= 15 is 0 Å². The van der Waals surface area contributed by atoms with Gasteiger partial charge in [0, 0.05) is 17.8 Å². The molecule has 2 aromatic rings. The Kier molecular flexibility index (Phi) is 5.10. The Hall–Kier alpha value is -1.40. The minimum atomic E-state index is 0.135. The summed E-state index contributed by atoms with van der Waals surface area (Å²) in [7, 11) is 0. The van der Waals surface area contributed by atoms with Crippen molar-refractivity contribution >= 4 is 33.7 Å². The Morgan fingerprint density at radius 1 is 1.41 bits per heavy atom. The number of anilines is 1. The SMILES string of the molecule is Nc1nc(-c2cccs2)c(CCC(=O)NCC2CCCC2)s1. The van der Waals surface area contributed by atoms with Crippen LogP contribution >= 0.6 is 22.7 Å². The van der Waals surface area contributed by atoms with Crippen LogP contribution in [-0.4, -0.2) is 17.4 Å². The Morgan fingerprint density at radius 3 is 2.95 bits per heavy atom. The van der Waals surface area contributed by atoms with Crippen molar-refractivity contribution in [1.82, 2.24) is 10.3 Å². The number of thiazole rings is 1. The number of rotatable bonds is 6. The molecule has 1 fully saturated rings. The third-order valence-corrected chi connectivity index (χ3v) is 5.93. The van der Waals surface area contributed by atoms with Crippen LogP contribution in [-0.2, 0) is 11.2 Å². The van der Waals surface area contributed by atoms with Gasteiger partial charge >= 0.3 is 0 Å². The molecule has 1 amide bonds. The predicted molar refractivity (Wildman–Crippen MR) is 93.1 cm³/mol. The van der Waals surface area contributed by atoms with Gasteiger partial charge in [0.25, 0.3) is 0 Å². The number of aromatic nitrogens is 1. The van der Waals surface area contributed by atoms with Gasteiger partial charge in [0.1, 0.15) is 0 Å². The third-order valence-electron chi connectivity index (χ3n) is 4.11. The van der Waals surface area contributed by atoms with E-state index in [1.54, 1.807) is 11.3 Å². The highest BCUT2D eigenvalue weighted by molar-refractivity contribution is 7.17. The molecule has 0 radical (unpaired) electrons. The summed E-state index contributed by atoms with van der Waals surface area (Å²) < 4.78 is 0. The van der Waals surface area contributed by atoms with Crippen LogP contribution < -0.4 is 11.1 Å². The second-order valence-electron chi connectivity index (χ2n) is 5.76. The fourth-order valence-corrected chi connectivity index (χ4v) is 4.59. The number of hydrogen-bond donors (Lipinski definition) is 2. The summed E-state index contributed by atoms with van der Waals surface area (Å²) in [6.45, 7) is 0.835. The largest absolute Gasteiger partial charge is 0.375 e. The Morgan fingerprint density at radius 2 is 2.23 bits per heavy atom. The molecule has 0 aromatic carbocycles. The van der Waals surface area contributed by atoms with Crippen molar-refractivity contribution in [1.29, 1.82) is 0 Å². The highest BCUT2D eigenvalue weighted by Crippen LogP contribution is 2.33. The smallest absolute Gasteiger partial charge is 0.220 e. The number of nitrogens with two attached hydrogens (primary N) is 1. The monoisotopic (exact) mass is 335 g/mol. The van der Waals surface area contributed by atoms with E-state index in [0.29, 0.717) is 23.9 Å². The summed E-state index contributed by atoms with van der Waals surface area (Å²) in [6, 6.07) is 4.05. The van der Waals surface area contributed by atoms with Gasteiger partial charge in [-0.05, 0) is 36.6 Å². The first-order chi connectivity index (χ1) is 10.7. The van der Waals surface area contributed by atoms with Gasteiger partial charge in [-0.2, -0.15) is 0 Å². The van der Waals surface area contributed by atoms with Crippen LogP contribution in [0.2, 0.25) is 0 Å². The summed E-state index contributed by atoms with van der Waals surface area (Å²) in [6.07, 6.45) is 6.35. The molecule has 1 saturated carbocycles. The lowest BCUT2D eigenvalue weighted by atomic mass is 10.1. The summed E-state index contributed by atoms with van der Waals surface area (Å²) in [5.74, 6) is 0.820. The third kappa shape index (κ3) is 3.87. The van der Waals surface area contributed by atoms with Crippen LogP contribution in [0.3, 0.4) is 0 Å². The van der Waals surface area contributed by atoms with Crippen molar-refractivity contribution in [3.05, 3.63) is 22.4 Å². The molecule has 6 heteroatoms. The number of nitrogens with zero attached hydrogens (tertiary/aromatic N) is 1. The molecule has 0 unspecified atom stereocenters. The maximum Gasteiger partial charge on any atom is 0.220 e. The first-order valence-electron chi connectivity index (χ1n) is 7.78. The highest BCUT2D eigenvalue weighted by atomic mass is 32.1. The molecule has 3 rings (SSSR count). The Labute approximate surface area is 138 Å². The van der Waals surface area contributed by atoms with Crippen molar-refractivity contribution in [2.24, 2.45) is 5.92 Å². The van der Waals surface area contributed by atoms with Gasteiger partial charge < -0.3 is 11.1 Å². The van der Waals surface area contributed by atoms with E-state index in [1.165, 1.54) is 37.0 Å². The van der Waals surface area contributed by atoms with E-state index in [-0.39, 0.29) is 5.91 Å². The van der Waals surface area contributed by atoms with E-state index < -0.39 is 0 Å². The molecule has 3 N–H and O–H groups in total. The van der Waals surface area contributed by atoms with Gasteiger partial charge in [0.15, 0.2) is 5.13 Å². The molecule has 0 bridgehead atoms. The first kappa shape index (κ1) is 15.5. The molecule has 2 heterocycles. The lowest BCUT2D eigenvalue weighted by Crippen LogP contribution is -2.28. The average molecular weight is 335 g/mol. The fourth-order valence-electron chi connectivity index (χ4n) is 2.93. The van der Waals surface area contributed by atoms with Gasteiger partial charge in [-0.1, -0.05) is 18.9 Å². The Balaban J connectivity index is 1.53. The number of amides is 1. The number of carbonyl (C=O) groups excluding carboxylic acids is 1. The average Bonchev–Trinajstić information content (AvgIpc) is 3.24. The molecule has 0 saturated heterocycles. The molecule has 0 atom stereocenters. The van der Waals surface area contributed by atoms with Crippen molar-refractivity contribution in [3.63, 3.8) is 0 Å². The second-order valence-corrected chi connectivity index (χ2v) is 7.82. The van der Waals surface area contributed by atoms with Gasteiger partial charge in [0.2, 0.25) is 5.91 Å². The maximum absolute atomic E-state index is 12.0. The highest BCUT2D eigenvalue weighted by Gasteiger charge is 2.17. The number of nitrogens with one attached hydrogen (secondary N) is 1. The minimum absolute atomic E-state index is 0.135. The molecular formula is C16H21N3OS2. The summed E-state index contributed by atoms with van der Waals surface area (Å²) in [5.41, 5.74) is 6.79. The lowest BCUT2D eigenvalue weighted by molar-refractivity contribution is -0.121. The normalized spacial score (nSPS) is 15.3. The van der Waals surface area contributed by atoms with Crippen LogP contribution in [0.4, 0.5) is 5.13 Å². The van der Waals surface area contributed by atoms with Crippen LogP contribution in [0.15, 0.2) is 17.5 Å². The predicted octanol–water partition coefficient (Wildman–Crippen LogP) is 3.69. The van der Waals surface area contributed by atoms with Gasteiger partial charge in [0.05, 0.1) is 10.6 Å². The van der Waals surface area contributed by atoms with Crippen LogP contribution in [0, 0.1) is 5.92 Å². The molecule has 0 aliphatic heterocycles. The second kappa shape index (κ2) is 7.24. The molecule has 1 aliphatic rings. The first-order valence-corrected chi connectivity index (χ1v) is 9.47. The zero-order chi connectivity index (χ0) is 15.4. The topological polar surface area (TPSA) is 68.0 Å². The molecule has 2 aromatic heterocycles. The molecule has 118 valence electrons. The van der Waals surface area contributed by atoms with Crippen LogP contribution in [0.25, 0.3) is 10.6 Å². The van der Waals surface area contributed by atoms with Crippen molar-refractivity contribution in [2.45, 2.75) is 38.5 Å². The quantitative estimate of drug-likeness (QED) is 0.846. The lowest BCUT2D eigenvalue weighted by Gasteiger charge is -2.10. The summed E-state index contributed by atoms with van der Waals surface area (Å²) in [5, 5.41) is 5.68. The number of nitrogen functional groups attached to an aromatic ring is 1. The standard InChI is InChI=1S/C16H21N3OS2/c17-16-19-15(12-6-3-9-21-12)13(22-16)7-8-14(20)18-10-11-4-1-2-5-11/h3,6,9,11H,1-2,4-5,7-8,10H2,(H2,17,19)(H,18,20). The van der Waals surface area contributed by atoms with E-state index in [2.05, 4.69) is 10.3 Å². The van der Waals surface area contributed by atoms with E-state index in [1.807, 2.05) is 17.5 Å². The number of thiophene rings is 1. The zero-order valence-electron chi connectivity index (χ0n) is 12.5. The maximum atomic E-state index is 12.0. The summed E-state index contributed by atoms with van der Waals surface area (Å²) in [4.78, 5) is 18.7. The number of carbonyl (C=O) groups is 1. The van der Waals surface area contributed by atoms with Crippen LogP contribution in [0.5, 0.6) is 0 Å². The van der Waals surface area contributed by atoms with Crippen molar-refractivity contribution in [3.8, 4) is 10.6 Å². The fraction of sp³-hybridized carbons (Fsp3) is 0.500. The van der Waals surface area contributed by atoms with Crippen LogP contribution in [0.1, 0.15) is 37.0 Å². The molecule has 0 spiro atoms. The van der Waals surface area contributed by atoms with E-state index in [0.717, 1.165) is 22.0 Å². The molecular weight excluding hydrogens is 314 g/mol. The van der Waals surface area contributed by atoms with Gasteiger partial charge in [-0.15, -0.1) is 22.7 Å². The summed E-state index contributed by atoms with van der Waals surface area (Å²) >= 11 is 3.14. The van der Waals surface area contributed by atoms with Crippen molar-refractivity contribution < 1.29 is 4.79 Å². The van der Waals surface area contributed by atoms with Gasteiger partial charge in [-0.3, -0.25) is 4.79 Å². The van der Waals surface area contributed by atoms with Crippen molar-refractivity contribution in [2.75, 3.05) is 12.3 Å².